The molecular weight excluding hydrogens is 346 g/mol. The van der Waals surface area contributed by atoms with Crippen LogP contribution in [0.3, 0.4) is 0 Å². The molecule has 1 aromatic carbocycles. The summed E-state index contributed by atoms with van der Waals surface area (Å²) in [6, 6.07) is 5.62. The van der Waals surface area contributed by atoms with Gasteiger partial charge in [0, 0.05) is 30.6 Å². The van der Waals surface area contributed by atoms with Gasteiger partial charge in [-0.2, -0.15) is 0 Å². The van der Waals surface area contributed by atoms with E-state index in [1.807, 2.05) is 13.8 Å². The molecule has 1 fully saturated rings. The first-order valence-electron chi connectivity index (χ1n) is 9.22. The van der Waals surface area contributed by atoms with Gasteiger partial charge in [0.1, 0.15) is 17.3 Å². The average Bonchev–Trinajstić information content (AvgIpc) is 3.25. The Balaban J connectivity index is 1.61. The minimum Gasteiger partial charge on any atom is -0.497 e. The second-order valence-electron chi connectivity index (χ2n) is 6.80. The van der Waals surface area contributed by atoms with E-state index in [9.17, 15) is 4.79 Å². The Hall–Kier alpha value is -2.54. The molecule has 1 N–H and O–H groups in total. The van der Waals surface area contributed by atoms with Crippen molar-refractivity contribution in [1.82, 2.24) is 10.1 Å². The molecular formula is C20H27N3O4. The van der Waals surface area contributed by atoms with Gasteiger partial charge in [0.2, 0.25) is 5.91 Å². The van der Waals surface area contributed by atoms with Gasteiger partial charge in [-0.25, -0.2) is 0 Å². The Morgan fingerprint density at radius 1 is 1.33 bits per heavy atom. The quantitative estimate of drug-likeness (QED) is 0.801. The highest BCUT2D eigenvalue weighted by atomic mass is 16.5. The van der Waals surface area contributed by atoms with Crippen molar-refractivity contribution >= 4 is 11.6 Å². The summed E-state index contributed by atoms with van der Waals surface area (Å²) in [6.07, 6.45) is 2.59. The fourth-order valence-electron chi connectivity index (χ4n) is 3.75. The Morgan fingerprint density at radius 2 is 2.15 bits per heavy atom. The molecule has 1 aromatic heterocycles. The lowest BCUT2D eigenvalue weighted by Gasteiger charge is -2.24. The van der Waals surface area contributed by atoms with Crippen LogP contribution < -0.4 is 14.8 Å². The van der Waals surface area contributed by atoms with Gasteiger partial charge in [-0.1, -0.05) is 5.16 Å². The van der Waals surface area contributed by atoms with Gasteiger partial charge >= 0.3 is 0 Å². The average molecular weight is 373 g/mol. The van der Waals surface area contributed by atoms with E-state index in [-0.39, 0.29) is 11.9 Å². The van der Waals surface area contributed by atoms with Crippen LogP contribution in [0, 0.1) is 13.8 Å². The summed E-state index contributed by atoms with van der Waals surface area (Å²) in [7, 11) is 3.17. The predicted molar refractivity (Wildman–Crippen MR) is 102 cm³/mol. The molecule has 1 saturated heterocycles. The molecule has 27 heavy (non-hydrogen) atoms. The number of hydrogen-bond acceptors (Lipinski definition) is 6. The molecule has 2 heterocycles. The maximum atomic E-state index is 12.5. The molecule has 7 nitrogen and oxygen atoms in total. The van der Waals surface area contributed by atoms with Crippen molar-refractivity contribution in [3.8, 4) is 11.5 Å². The molecule has 0 spiro atoms. The minimum atomic E-state index is -0.0390. The van der Waals surface area contributed by atoms with E-state index in [2.05, 4.69) is 15.4 Å². The van der Waals surface area contributed by atoms with Crippen LogP contribution in [-0.2, 0) is 4.79 Å². The molecule has 0 unspecified atom stereocenters. The Kier molecular flexibility index (Phi) is 6.01. The summed E-state index contributed by atoms with van der Waals surface area (Å²) in [4.78, 5) is 14.8. The number of carbonyl (C=O) groups excluding carboxylic acids is 1. The molecule has 0 saturated carbocycles. The van der Waals surface area contributed by atoms with Crippen LogP contribution in [0.1, 0.15) is 42.3 Å². The Morgan fingerprint density at radius 3 is 2.81 bits per heavy atom. The van der Waals surface area contributed by atoms with E-state index in [4.69, 9.17) is 14.0 Å². The van der Waals surface area contributed by atoms with Gasteiger partial charge in [-0.3, -0.25) is 9.69 Å². The summed E-state index contributed by atoms with van der Waals surface area (Å²) in [6.45, 7) is 5.60. The van der Waals surface area contributed by atoms with E-state index in [0.717, 1.165) is 30.8 Å². The maximum absolute atomic E-state index is 12.5. The summed E-state index contributed by atoms with van der Waals surface area (Å²) in [5, 5.41) is 7.01. The Bertz CT molecular complexity index is 783. The molecule has 146 valence electrons. The van der Waals surface area contributed by atoms with Gasteiger partial charge < -0.3 is 19.3 Å². The SMILES string of the molecule is COc1ccc(NC(=O)CCN2CCC[C@@H]2c2c(C)noc2C)c(OC)c1. The largest absolute Gasteiger partial charge is 0.497 e. The first-order valence-corrected chi connectivity index (χ1v) is 9.22. The number of amides is 1. The second kappa shape index (κ2) is 8.43. The summed E-state index contributed by atoms with van der Waals surface area (Å²) in [5.41, 5.74) is 2.76. The van der Waals surface area contributed by atoms with Crippen LogP contribution in [0.5, 0.6) is 11.5 Å². The molecule has 1 aliphatic rings. The number of methoxy groups -OCH3 is 2. The van der Waals surface area contributed by atoms with Crippen LogP contribution >= 0.6 is 0 Å². The van der Waals surface area contributed by atoms with E-state index < -0.39 is 0 Å². The number of benzene rings is 1. The number of carbonyl (C=O) groups is 1. The summed E-state index contributed by atoms with van der Waals surface area (Å²) >= 11 is 0. The first kappa shape index (κ1) is 19.2. The molecule has 7 heteroatoms. The van der Waals surface area contributed by atoms with Crippen molar-refractivity contribution in [2.45, 2.75) is 39.2 Å². The smallest absolute Gasteiger partial charge is 0.225 e. The van der Waals surface area contributed by atoms with Crippen molar-refractivity contribution in [3.05, 3.63) is 35.2 Å². The lowest BCUT2D eigenvalue weighted by atomic mass is 10.0. The third-order valence-corrected chi connectivity index (χ3v) is 5.09. The number of likely N-dealkylation sites (tertiary alicyclic amines) is 1. The molecule has 0 radical (unpaired) electrons. The van der Waals surface area contributed by atoms with Crippen LogP contribution in [0.2, 0.25) is 0 Å². The third-order valence-electron chi connectivity index (χ3n) is 5.09. The lowest BCUT2D eigenvalue weighted by molar-refractivity contribution is -0.116. The van der Waals surface area contributed by atoms with Crippen LogP contribution in [0.25, 0.3) is 0 Å². The maximum Gasteiger partial charge on any atom is 0.225 e. The van der Waals surface area contributed by atoms with Crippen molar-refractivity contribution in [1.29, 1.82) is 0 Å². The molecule has 1 amide bonds. The van der Waals surface area contributed by atoms with E-state index in [1.54, 1.807) is 32.4 Å². The van der Waals surface area contributed by atoms with E-state index in [0.29, 0.717) is 30.2 Å². The summed E-state index contributed by atoms with van der Waals surface area (Å²) in [5.74, 6) is 2.10. The molecule has 1 atom stereocenters. The highest BCUT2D eigenvalue weighted by Crippen LogP contribution is 2.35. The number of anilines is 1. The van der Waals surface area contributed by atoms with Gasteiger partial charge in [-0.15, -0.1) is 0 Å². The van der Waals surface area contributed by atoms with Crippen molar-refractivity contribution in [2.24, 2.45) is 0 Å². The number of ether oxygens (including phenoxy) is 2. The monoisotopic (exact) mass is 373 g/mol. The van der Waals surface area contributed by atoms with Crippen LogP contribution in [0.4, 0.5) is 5.69 Å². The predicted octanol–water partition coefficient (Wildman–Crippen LogP) is 3.47. The van der Waals surface area contributed by atoms with Crippen molar-refractivity contribution < 1.29 is 18.8 Å². The number of nitrogens with zero attached hydrogens (tertiary/aromatic N) is 2. The number of nitrogens with one attached hydrogen (secondary N) is 1. The third kappa shape index (κ3) is 4.24. The molecule has 1 aliphatic heterocycles. The number of aromatic nitrogens is 1. The van der Waals surface area contributed by atoms with E-state index >= 15 is 0 Å². The van der Waals surface area contributed by atoms with Gasteiger partial charge in [0.05, 0.1) is 25.6 Å². The lowest BCUT2D eigenvalue weighted by Crippen LogP contribution is -2.28. The number of hydrogen-bond donors (Lipinski definition) is 1. The molecule has 0 aliphatic carbocycles. The zero-order valence-electron chi connectivity index (χ0n) is 16.4. The number of rotatable bonds is 7. The number of aryl methyl sites for hydroxylation is 2. The highest BCUT2D eigenvalue weighted by Gasteiger charge is 2.30. The zero-order chi connectivity index (χ0) is 19.4. The van der Waals surface area contributed by atoms with E-state index in [1.165, 1.54) is 5.56 Å². The fourth-order valence-corrected chi connectivity index (χ4v) is 3.75. The molecule has 3 rings (SSSR count). The normalized spacial score (nSPS) is 17.1. The standard InChI is InChI=1S/C20H27N3O4/c1-13-20(14(2)27-22-13)17-6-5-10-23(17)11-9-19(24)21-16-8-7-15(25-3)12-18(16)26-4/h7-8,12,17H,5-6,9-11H2,1-4H3,(H,21,24)/t17-/m1/s1. The van der Waals surface area contributed by atoms with Crippen molar-refractivity contribution in [3.63, 3.8) is 0 Å². The zero-order valence-corrected chi connectivity index (χ0v) is 16.4. The fraction of sp³-hybridized carbons (Fsp3) is 0.500. The minimum absolute atomic E-state index is 0.0390. The first-order chi connectivity index (χ1) is 13.0. The van der Waals surface area contributed by atoms with Gasteiger partial charge in [0.15, 0.2) is 0 Å². The van der Waals surface area contributed by atoms with Gasteiger partial charge in [0.25, 0.3) is 0 Å². The van der Waals surface area contributed by atoms with Crippen LogP contribution in [-0.4, -0.2) is 43.3 Å². The Labute approximate surface area is 159 Å². The van der Waals surface area contributed by atoms with Crippen LogP contribution in [0.15, 0.2) is 22.7 Å². The van der Waals surface area contributed by atoms with Crippen molar-refractivity contribution in [2.75, 3.05) is 32.6 Å². The molecule has 0 bridgehead atoms. The highest BCUT2D eigenvalue weighted by molar-refractivity contribution is 5.92. The molecule has 2 aromatic rings. The van der Waals surface area contributed by atoms with Gasteiger partial charge in [-0.05, 0) is 45.4 Å². The second-order valence-corrected chi connectivity index (χ2v) is 6.80. The topological polar surface area (TPSA) is 76.8 Å². The summed E-state index contributed by atoms with van der Waals surface area (Å²) < 4.78 is 15.8.